The highest BCUT2D eigenvalue weighted by atomic mass is 16.5. The molecule has 0 saturated heterocycles. The van der Waals surface area contributed by atoms with E-state index >= 15 is 0 Å². The second kappa shape index (κ2) is 9.70. The number of aromatic nitrogens is 3. The lowest BCUT2D eigenvalue weighted by Gasteiger charge is -2.13. The van der Waals surface area contributed by atoms with Crippen LogP contribution >= 0.6 is 0 Å². The Hall–Kier alpha value is -4.27. The molecule has 0 fully saturated rings. The van der Waals surface area contributed by atoms with E-state index < -0.39 is 0 Å². The lowest BCUT2D eigenvalue weighted by molar-refractivity contribution is -0.115. The Kier molecular flexibility index (Phi) is 6.53. The van der Waals surface area contributed by atoms with Gasteiger partial charge in [-0.1, -0.05) is 6.07 Å². The fourth-order valence-corrected chi connectivity index (χ4v) is 4.07. The number of aromatic amines is 1. The van der Waals surface area contributed by atoms with Gasteiger partial charge in [-0.3, -0.25) is 10.1 Å². The number of amides is 1. The topological polar surface area (TPSA) is 108 Å². The van der Waals surface area contributed by atoms with Crippen molar-refractivity contribution in [2.75, 3.05) is 33.8 Å². The van der Waals surface area contributed by atoms with E-state index in [1.807, 2.05) is 43.3 Å². The molecule has 2 N–H and O–H groups in total. The number of H-pyrrole nitrogens is 1. The van der Waals surface area contributed by atoms with Crippen molar-refractivity contribution in [3.63, 3.8) is 0 Å². The van der Waals surface area contributed by atoms with E-state index in [1.54, 1.807) is 28.4 Å². The molecule has 1 aliphatic rings. The summed E-state index contributed by atoms with van der Waals surface area (Å²) >= 11 is 0. The molecule has 0 saturated carbocycles. The molecule has 1 heterocycles. The van der Waals surface area contributed by atoms with Crippen molar-refractivity contribution in [2.45, 2.75) is 13.3 Å². The first-order valence-electron chi connectivity index (χ1n) is 10.5. The molecule has 2 aromatic carbocycles. The van der Waals surface area contributed by atoms with Crippen LogP contribution in [0.2, 0.25) is 0 Å². The Balaban J connectivity index is 1.78. The number of nitrogens with zero attached hydrogens (tertiary/aromatic N) is 2. The van der Waals surface area contributed by atoms with Gasteiger partial charge in [0.05, 0.1) is 34.9 Å². The maximum absolute atomic E-state index is 12.7. The first kappa shape index (κ1) is 22.9. The van der Waals surface area contributed by atoms with Crippen LogP contribution in [0.3, 0.4) is 0 Å². The quantitative estimate of drug-likeness (QED) is 0.517. The van der Waals surface area contributed by atoms with Gasteiger partial charge in [0.1, 0.15) is 12.1 Å². The SMILES string of the molecule is COc1ccc2c(c1)C(CC(=O)Nc1ncn[nH]1)=C(C)/C2=C/c1cc(OC)c(OC)c(OC)c1. The predicted octanol–water partition coefficient (Wildman–Crippen LogP) is 4.20. The number of allylic oxidation sites excluding steroid dienone is 2. The summed E-state index contributed by atoms with van der Waals surface area (Å²) in [6.07, 6.45) is 3.56. The van der Waals surface area contributed by atoms with Crippen molar-refractivity contribution in [2.24, 2.45) is 0 Å². The highest BCUT2D eigenvalue weighted by Gasteiger charge is 2.26. The third kappa shape index (κ3) is 4.32. The maximum Gasteiger partial charge on any atom is 0.231 e. The summed E-state index contributed by atoms with van der Waals surface area (Å²) in [6, 6.07) is 9.64. The lowest BCUT2D eigenvalue weighted by Crippen LogP contribution is -2.13. The van der Waals surface area contributed by atoms with Crippen LogP contribution in [0.5, 0.6) is 23.0 Å². The molecule has 9 heteroatoms. The fourth-order valence-electron chi connectivity index (χ4n) is 4.07. The van der Waals surface area contributed by atoms with Gasteiger partial charge in [0.25, 0.3) is 0 Å². The number of ether oxygens (including phenoxy) is 4. The number of carbonyl (C=O) groups excluding carboxylic acids is 1. The summed E-state index contributed by atoms with van der Waals surface area (Å²) in [4.78, 5) is 16.7. The first-order valence-corrected chi connectivity index (χ1v) is 10.5. The number of hydrogen-bond acceptors (Lipinski definition) is 7. The van der Waals surface area contributed by atoms with Gasteiger partial charge >= 0.3 is 0 Å². The number of carbonyl (C=O) groups is 1. The van der Waals surface area contributed by atoms with Crippen LogP contribution in [0.15, 0.2) is 42.2 Å². The molecule has 1 aromatic heterocycles. The molecule has 4 rings (SSSR count). The minimum Gasteiger partial charge on any atom is -0.497 e. The number of hydrogen-bond donors (Lipinski definition) is 2. The van der Waals surface area contributed by atoms with Crippen molar-refractivity contribution in [3.8, 4) is 23.0 Å². The Morgan fingerprint density at radius 3 is 2.32 bits per heavy atom. The molecule has 0 atom stereocenters. The Morgan fingerprint density at radius 2 is 1.74 bits per heavy atom. The van der Waals surface area contributed by atoms with Crippen LogP contribution in [0.1, 0.15) is 30.0 Å². The van der Waals surface area contributed by atoms with Crippen LogP contribution in [0.4, 0.5) is 5.95 Å². The molecular weight excluding hydrogens is 436 g/mol. The van der Waals surface area contributed by atoms with Crippen molar-refractivity contribution >= 4 is 29.1 Å². The van der Waals surface area contributed by atoms with Crippen LogP contribution in [0, 0.1) is 0 Å². The first-order chi connectivity index (χ1) is 16.5. The second-order valence-electron chi connectivity index (χ2n) is 7.59. The number of fused-ring (bicyclic) bond motifs is 1. The number of anilines is 1. The van der Waals surface area contributed by atoms with Crippen molar-refractivity contribution in [3.05, 3.63) is 58.9 Å². The molecule has 1 aliphatic carbocycles. The van der Waals surface area contributed by atoms with Crippen molar-refractivity contribution < 1.29 is 23.7 Å². The number of methoxy groups -OCH3 is 4. The van der Waals surface area contributed by atoms with Gasteiger partial charge in [0.2, 0.25) is 17.6 Å². The summed E-state index contributed by atoms with van der Waals surface area (Å²) in [5.74, 6) is 2.48. The van der Waals surface area contributed by atoms with E-state index in [0.717, 1.165) is 33.4 Å². The van der Waals surface area contributed by atoms with Crippen molar-refractivity contribution in [1.82, 2.24) is 15.2 Å². The number of rotatable bonds is 8. The Morgan fingerprint density at radius 1 is 1.00 bits per heavy atom. The smallest absolute Gasteiger partial charge is 0.231 e. The summed E-state index contributed by atoms with van der Waals surface area (Å²) in [6.45, 7) is 2.01. The molecule has 0 spiro atoms. The van der Waals surface area contributed by atoms with Crippen LogP contribution in [-0.2, 0) is 4.79 Å². The fraction of sp³-hybridized carbons (Fsp3) is 0.240. The van der Waals surface area contributed by atoms with E-state index in [9.17, 15) is 4.79 Å². The van der Waals surface area contributed by atoms with Crippen LogP contribution in [-0.4, -0.2) is 49.5 Å². The van der Waals surface area contributed by atoms with E-state index in [4.69, 9.17) is 18.9 Å². The maximum atomic E-state index is 12.7. The monoisotopic (exact) mass is 462 g/mol. The molecule has 0 unspecified atom stereocenters. The summed E-state index contributed by atoms with van der Waals surface area (Å²) in [5, 5.41) is 9.14. The second-order valence-corrected chi connectivity index (χ2v) is 7.59. The van der Waals surface area contributed by atoms with Gasteiger partial charge < -0.3 is 18.9 Å². The number of benzene rings is 2. The molecule has 34 heavy (non-hydrogen) atoms. The van der Waals surface area contributed by atoms with Crippen LogP contribution < -0.4 is 24.3 Å². The van der Waals surface area contributed by atoms with Gasteiger partial charge in [-0.05, 0) is 70.7 Å². The van der Waals surface area contributed by atoms with Gasteiger partial charge in [0.15, 0.2) is 11.5 Å². The standard InChI is InChI=1S/C25H26N4O5/c1-14-18(8-15-9-21(32-3)24(34-5)22(10-15)33-4)17-7-6-16(31-2)11-20(17)19(14)12-23(30)28-25-26-13-27-29-25/h6-11,13H,12H2,1-5H3,(H2,26,27,28,29,30)/b18-8-. The summed E-state index contributed by atoms with van der Waals surface area (Å²) < 4.78 is 21.9. The lowest BCUT2D eigenvalue weighted by atomic mass is 10.00. The molecule has 1 amide bonds. The summed E-state index contributed by atoms with van der Waals surface area (Å²) in [5.41, 5.74) is 5.72. The molecule has 0 radical (unpaired) electrons. The zero-order valence-corrected chi connectivity index (χ0v) is 19.7. The zero-order chi connectivity index (χ0) is 24.2. The third-order valence-corrected chi connectivity index (χ3v) is 5.71. The molecule has 176 valence electrons. The van der Waals surface area contributed by atoms with E-state index in [0.29, 0.717) is 28.9 Å². The van der Waals surface area contributed by atoms with Crippen molar-refractivity contribution in [1.29, 1.82) is 0 Å². The van der Waals surface area contributed by atoms with Gasteiger partial charge in [-0.2, -0.15) is 10.1 Å². The molecular formula is C25H26N4O5. The molecule has 0 aliphatic heterocycles. The Bertz CT molecular complexity index is 1250. The predicted molar refractivity (Wildman–Crippen MR) is 129 cm³/mol. The third-order valence-electron chi connectivity index (χ3n) is 5.71. The molecule has 0 bridgehead atoms. The summed E-state index contributed by atoms with van der Waals surface area (Å²) in [7, 11) is 6.36. The average molecular weight is 463 g/mol. The highest BCUT2D eigenvalue weighted by Crippen LogP contribution is 2.46. The van der Waals surface area contributed by atoms with Gasteiger partial charge in [0, 0.05) is 0 Å². The largest absolute Gasteiger partial charge is 0.497 e. The van der Waals surface area contributed by atoms with E-state index in [-0.39, 0.29) is 12.3 Å². The van der Waals surface area contributed by atoms with E-state index in [1.165, 1.54) is 6.33 Å². The number of nitrogens with one attached hydrogen (secondary N) is 2. The van der Waals surface area contributed by atoms with Gasteiger partial charge in [-0.15, -0.1) is 0 Å². The highest BCUT2D eigenvalue weighted by molar-refractivity contribution is 6.09. The minimum absolute atomic E-state index is 0.166. The Labute approximate surface area is 197 Å². The van der Waals surface area contributed by atoms with Crippen LogP contribution in [0.25, 0.3) is 17.2 Å². The normalized spacial score (nSPS) is 13.6. The zero-order valence-electron chi connectivity index (χ0n) is 19.7. The minimum atomic E-state index is -0.200. The molecule has 9 nitrogen and oxygen atoms in total. The average Bonchev–Trinajstić information content (AvgIpc) is 3.45. The van der Waals surface area contributed by atoms with Gasteiger partial charge in [-0.25, -0.2) is 5.10 Å². The molecule has 3 aromatic rings. The van der Waals surface area contributed by atoms with E-state index in [2.05, 4.69) is 20.5 Å².